The second kappa shape index (κ2) is 11.7. The Balaban J connectivity index is 1.43. The molecular formula is C26H27Cl2N3O2S. The normalized spacial score (nSPS) is 13.9. The molecule has 178 valence electrons. The minimum absolute atomic E-state index is 0.0530. The number of hydrogen-bond donors (Lipinski definition) is 4. The van der Waals surface area contributed by atoms with Crippen LogP contribution in [0.25, 0.3) is 0 Å². The van der Waals surface area contributed by atoms with Crippen molar-refractivity contribution in [2.24, 2.45) is 0 Å². The molecule has 0 heterocycles. The fraction of sp³-hybridized carbons (Fsp3) is 0.269. The number of urea groups is 1. The summed E-state index contributed by atoms with van der Waals surface area (Å²) >= 11 is 13.9. The van der Waals surface area contributed by atoms with Crippen LogP contribution in [-0.4, -0.2) is 17.2 Å². The number of phenolic OH excluding ortho intramolecular Hbond substituents is 1. The van der Waals surface area contributed by atoms with Gasteiger partial charge in [0.25, 0.3) is 0 Å². The number of phenols is 1. The molecule has 0 spiro atoms. The number of carbonyl (C=O) groups excluding carboxylic acids is 1. The van der Waals surface area contributed by atoms with E-state index in [0.717, 1.165) is 41.0 Å². The maximum atomic E-state index is 12.4. The highest BCUT2D eigenvalue weighted by atomic mass is 35.5. The van der Waals surface area contributed by atoms with Gasteiger partial charge in [0.1, 0.15) is 0 Å². The summed E-state index contributed by atoms with van der Waals surface area (Å²) in [7, 11) is 0. The zero-order valence-corrected chi connectivity index (χ0v) is 20.9. The van der Waals surface area contributed by atoms with Crippen LogP contribution in [0.3, 0.4) is 0 Å². The van der Waals surface area contributed by atoms with Gasteiger partial charge in [-0.3, -0.25) is 0 Å². The molecule has 1 saturated carbocycles. The van der Waals surface area contributed by atoms with E-state index in [2.05, 4.69) is 22.0 Å². The van der Waals surface area contributed by atoms with Gasteiger partial charge in [0.05, 0.1) is 10.7 Å². The van der Waals surface area contributed by atoms with Crippen molar-refractivity contribution in [1.29, 1.82) is 0 Å². The maximum absolute atomic E-state index is 12.4. The lowest BCUT2D eigenvalue weighted by Crippen LogP contribution is -2.39. The minimum Gasteiger partial charge on any atom is -0.504 e. The predicted octanol–water partition coefficient (Wildman–Crippen LogP) is 7.92. The number of nitrogens with one attached hydrogen (secondary N) is 3. The smallest absolute Gasteiger partial charge is 0.319 e. The second-order valence-electron chi connectivity index (χ2n) is 8.30. The Bertz CT molecular complexity index is 1140. The lowest BCUT2D eigenvalue weighted by molar-refractivity contribution is 0.244. The van der Waals surface area contributed by atoms with Crippen molar-refractivity contribution in [3.05, 3.63) is 76.3 Å². The summed E-state index contributed by atoms with van der Waals surface area (Å²) in [5.74, 6) is -0.0530. The number of amides is 2. The standard InChI is InChI=1S/C26H27Cl2N3O2S/c27-18-10-12-21(13-11-18)34-24-9-5-4-6-17(24)16-29-23-15-20(14-22(28)25(23)32)31-26(33)30-19-7-2-1-3-8-19/h4-6,9-15,19,29,32H,1-3,7-8,16H2,(H2,30,31,33). The van der Waals surface area contributed by atoms with Gasteiger partial charge < -0.3 is 21.1 Å². The fourth-order valence-electron chi connectivity index (χ4n) is 3.97. The third-order valence-corrected chi connectivity index (χ3v) is 7.41. The topological polar surface area (TPSA) is 73.4 Å². The van der Waals surface area contributed by atoms with Crippen molar-refractivity contribution in [2.45, 2.75) is 54.5 Å². The van der Waals surface area contributed by atoms with Crippen molar-refractivity contribution >= 4 is 52.4 Å². The number of anilines is 2. The van der Waals surface area contributed by atoms with Crippen molar-refractivity contribution < 1.29 is 9.90 Å². The average molecular weight is 516 g/mol. The Hall–Kier alpha value is -2.54. The Morgan fingerprint density at radius 1 is 1.00 bits per heavy atom. The van der Waals surface area contributed by atoms with Crippen LogP contribution in [0.15, 0.2) is 70.5 Å². The lowest BCUT2D eigenvalue weighted by atomic mass is 9.96. The Morgan fingerprint density at radius 2 is 1.74 bits per heavy atom. The summed E-state index contributed by atoms with van der Waals surface area (Å²) in [6.07, 6.45) is 5.52. The van der Waals surface area contributed by atoms with Gasteiger partial charge in [-0.15, -0.1) is 0 Å². The molecule has 2 amide bonds. The number of carbonyl (C=O) groups is 1. The van der Waals surface area contributed by atoms with Crippen LogP contribution in [0.5, 0.6) is 5.75 Å². The summed E-state index contributed by atoms with van der Waals surface area (Å²) < 4.78 is 0. The van der Waals surface area contributed by atoms with Gasteiger partial charge in [0.2, 0.25) is 0 Å². The number of aromatic hydroxyl groups is 1. The largest absolute Gasteiger partial charge is 0.504 e. The van der Waals surface area contributed by atoms with Gasteiger partial charge >= 0.3 is 6.03 Å². The van der Waals surface area contributed by atoms with Crippen LogP contribution in [-0.2, 0) is 6.54 Å². The molecule has 4 N–H and O–H groups in total. The van der Waals surface area contributed by atoms with Crippen LogP contribution < -0.4 is 16.0 Å². The highest BCUT2D eigenvalue weighted by Crippen LogP contribution is 2.37. The van der Waals surface area contributed by atoms with Gasteiger partial charge in [-0.1, -0.05) is 72.4 Å². The molecule has 1 fully saturated rings. The van der Waals surface area contributed by atoms with Gasteiger partial charge in [-0.25, -0.2) is 4.79 Å². The highest BCUT2D eigenvalue weighted by molar-refractivity contribution is 7.99. The molecule has 0 atom stereocenters. The Labute approximate surface area is 214 Å². The third-order valence-electron chi connectivity index (χ3n) is 5.75. The van der Waals surface area contributed by atoms with E-state index < -0.39 is 0 Å². The average Bonchev–Trinajstić information content (AvgIpc) is 2.83. The van der Waals surface area contributed by atoms with Crippen LogP contribution in [0, 0.1) is 0 Å². The van der Waals surface area contributed by atoms with E-state index in [1.807, 2.05) is 42.5 Å². The first-order valence-electron chi connectivity index (χ1n) is 11.3. The number of rotatable bonds is 7. The Morgan fingerprint density at radius 3 is 2.50 bits per heavy atom. The van der Waals surface area contributed by atoms with Crippen molar-refractivity contribution in [2.75, 3.05) is 10.6 Å². The SMILES string of the molecule is O=C(Nc1cc(Cl)c(O)c(NCc2ccccc2Sc2ccc(Cl)cc2)c1)NC1CCCCC1. The molecule has 0 aromatic heterocycles. The predicted molar refractivity (Wildman–Crippen MR) is 141 cm³/mol. The molecule has 1 aliphatic carbocycles. The molecule has 4 rings (SSSR count). The molecule has 8 heteroatoms. The van der Waals surface area contributed by atoms with Crippen molar-refractivity contribution in [3.8, 4) is 5.75 Å². The van der Waals surface area contributed by atoms with Gasteiger partial charge in [-0.05, 0) is 60.9 Å². The monoisotopic (exact) mass is 515 g/mol. The van der Waals surface area contributed by atoms with Crippen LogP contribution >= 0.6 is 35.0 Å². The zero-order valence-electron chi connectivity index (χ0n) is 18.6. The van der Waals surface area contributed by atoms with Gasteiger partial charge in [0.15, 0.2) is 5.75 Å². The van der Waals surface area contributed by atoms with E-state index in [0.29, 0.717) is 22.9 Å². The molecule has 0 saturated heterocycles. The molecule has 0 bridgehead atoms. The number of halogens is 2. The van der Waals surface area contributed by atoms with E-state index >= 15 is 0 Å². The van der Waals surface area contributed by atoms with Crippen LogP contribution in [0.4, 0.5) is 16.2 Å². The summed E-state index contributed by atoms with van der Waals surface area (Å²) in [5, 5.41) is 20.5. The van der Waals surface area contributed by atoms with E-state index in [1.54, 1.807) is 23.9 Å². The molecule has 5 nitrogen and oxygen atoms in total. The molecule has 0 radical (unpaired) electrons. The lowest BCUT2D eigenvalue weighted by Gasteiger charge is -2.23. The summed E-state index contributed by atoms with van der Waals surface area (Å²) in [5.41, 5.74) is 2.03. The fourth-order valence-corrected chi connectivity index (χ4v) is 5.26. The molecular weight excluding hydrogens is 489 g/mol. The van der Waals surface area contributed by atoms with Crippen molar-refractivity contribution in [3.63, 3.8) is 0 Å². The zero-order chi connectivity index (χ0) is 23.9. The highest BCUT2D eigenvalue weighted by Gasteiger charge is 2.17. The van der Waals surface area contributed by atoms with E-state index in [4.69, 9.17) is 23.2 Å². The van der Waals surface area contributed by atoms with E-state index in [1.165, 1.54) is 6.42 Å². The first-order chi connectivity index (χ1) is 16.5. The second-order valence-corrected chi connectivity index (χ2v) is 10.3. The van der Waals surface area contributed by atoms with Gasteiger partial charge in [0, 0.05) is 33.1 Å². The molecule has 0 unspecified atom stereocenters. The summed E-state index contributed by atoms with van der Waals surface area (Å²) in [4.78, 5) is 14.6. The Kier molecular flexibility index (Phi) is 8.48. The quantitative estimate of drug-likeness (QED) is 0.190. The van der Waals surface area contributed by atoms with Crippen LogP contribution in [0.1, 0.15) is 37.7 Å². The molecule has 1 aliphatic rings. The number of benzene rings is 3. The number of hydrogen-bond acceptors (Lipinski definition) is 4. The molecule has 0 aliphatic heterocycles. The van der Waals surface area contributed by atoms with Crippen LogP contribution in [0.2, 0.25) is 10.0 Å². The summed E-state index contributed by atoms with van der Waals surface area (Å²) in [6.45, 7) is 0.471. The molecule has 34 heavy (non-hydrogen) atoms. The van der Waals surface area contributed by atoms with E-state index in [-0.39, 0.29) is 22.8 Å². The summed E-state index contributed by atoms with van der Waals surface area (Å²) in [6, 6.07) is 18.9. The van der Waals surface area contributed by atoms with E-state index in [9.17, 15) is 9.90 Å². The third kappa shape index (κ3) is 6.75. The minimum atomic E-state index is -0.260. The van der Waals surface area contributed by atoms with Gasteiger partial charge in [-0.2, -0.15) is 0 Å². The first kappa shape index (κ1) is 24.6. The van der Waals surface area contributed by atoms with Crippen molar-refractivity contribution in [1.82, 2.24) is 5.32 Å². The first-order valence-corrected chi connectivity index (χ1v) is 12.9. The maximum Gasteiger partial charge on any atom is 0.319 e. The molecule has 3 aromatic rings. The molecule has 3 aromatic carbocycles.